The number of nitrogens with zero attached hydrogens (tertiary/aromatic N) is 1. The van der Waals surface area contributed by atoms with Crippen LogP contribution in [0.25, 0.3) is 0 Å². The molecule has 4 nitrogen and oxygen atoms in total. The zero-order valence-electron chi connectivity index (χ0n) is 12.2. The van der Waals surface area contributed by atoms with E-state index in [9.17, 15) is 9.90 Å². The van der Waals surface area contributed by atoms with E-state index in [1.54, 1.807) is 23.6 Å². The number of amides is 2. The number of thioether (sulfide) groups is 1. The van der Waals surface area contributed by atoms with E-state index in [-0.39, 0.29) is 12.1 Å². The van der Waals surface area contributed by atoms with Gasteiger partial charge >= 0.3 is 6.03 Å². The van der Waals surface area contributed by atoms with Crippen molar-refractivity contribution in [2.45, 2.75) is 36.8 Å². The monoisotopic (exact) mass is 294 g/mol. The van der Waals surface area contributed by atoms with E-state index < -0.39 is 5.60 Å². The van der Waals surface area contributed by atoms with Gasteiger partial charge in [0.15, 0.2) is 0 Å². The number of carbonyl (C=O) groups is 1. The van der Waals surface area contributed by atoms with Crippen molar-refractivity contribution in [1.29, 1.82) is 0 Å². The van der Waals surface area contributed by atoms with Gasteiger partial charge in [0.2, 0.25) is 0 Å². The Labute approximate surface area is 124 Å². The van der Waals surface area contributed by atoms with Crippen LogP contribution in [0.5, 0.6) is 0 Å². The first-order valence-electron chi connectivity index (χ1n) is 6.83. The number of urea groups is 1. The molecule has 1 unspecified atom stereocenters. The van der Waals surface area contributed by atoms with Crippen molar-refractivity contribution < 1.29 is 9.90 Å². The van der Waals surface area contributed by atoms with Gasteiger partial charge in [0.25, 0.3) is 0 Å². The summed E-state index contributed by atoms with van der Waals surface area (Å²) in [6.45, 7) is 4.75. The van der Waals surface area contributed by atoms with Gasteiger partial charge in [-0.15, -0.1) is 11.8 Å². The van der Waals surface area contributed by atoms with Gasteiger partial charge in [-0.2, -0.15) is 0 Å². The lowest BCUT2D eigenvalue weighted by Gasteiger charge is -2.22. The minimum absolute atomic E-state index is 0.0380. The van der Waals surface area contributed by atoms with Crippen molar-refractivity contribution in [3.05, 3.63) is 29.8 Å². The van der Waals surface area contributed by atoms with E-state index >= 15 is 0 Å². The number of aliphatic hydroxyl groups is 1. The fraction of sp³-hybridized carbons (Fsp3) is 0.533. The SMILES string of the molecule is CSc1ccc([C@@H](C)NC(=O)N2CCC(C)(O)C2)cc1. The molecule has 20 heavy (non-hydrogen) atoms. The van der Waals surface area contributed by atoms with Crippen LogP contribution in [0.15, 0.2) is 29.2 Å². The third-order valence-electron chi connectivity index (χ3n) is 3.69. The second-order valence-electron chi connectivity index (χ2n) is 5.61. The molecule has 110 valence electrons. The molecule has 2 N–H and O–H groups in total. The van der Waals surface area contributed by atoms with Gasteiger partial charge in [0.05, 0.1) is 18.2 Å². The molecule has 1 saturated heterocycles. The van der Waals surface area contributed by atoms with E-state index in [2.05, 4.69) is 17.4 Å². The maximum absolute atomic E-state index is 12.1. The van der Waals surface area contributed by atoms with Gasteiger partial charge in [-0.1, -0.05) is 12.1 Å². The average Bonchev–Trinajstić information content (AvgIpc) is 2.79. The molecule has 1 fully saturated rings. The third kappa shape index (κ3) is 3.67. The lowest BCUT2D eigenvalue weighted by molar-refractivity contribution is 0.0717. The highest BCUT2D eigenvalue weighted by atomic mass is 32.2. The first-order valence-corrected chi connectivity index (χ1v) is 8.05. The summed E-state index contributed by atoms with van der Waals surface area (Å²) in [4.78, 5) is 15.0. The Kier molecular flexibility index (Phi) is 4.60. The molecule has 0 aromatic heterocycles. The Hall–Kier alpha value is -1.20. The van der Waals surface area contributed by atoms with Gasteiger partial charge in [-0.05, 0) is 44.2 Å². The molecule has 1 aliphatic rings. The van der Waals surface area contributed by atoms with Gasteiger partial charge in [0.1, 0.15) is 0 Å². The summed E-state index contributed by atoms with van der Waals surface area (Å²) in [5.74, 6) is 0. The van der Waals surface area contributed by atoms with Crippen LogP contribution in [-0.2, 0) is 0 Å². The van der Waals surface area contributed by atoms with Gasteiger partial charge in [-0.3, -0.25) is 0 Å². The molecule has 0 bridgehead atoms. The average molecular weight is 294 g/mol. The molecule has 0 aliphatic carbocycles. The van der Waals surface area contributed by atoms with Crippen LogP contribution >= 0.6 is 11.8 Å². The summed E-state index contributed by atoms with van der Waals surface area (Å²) >= 11 is 1.70. The fourth-order valence-electron chi connectivity index (χ4n) is 2.37. The number of carbonyl (C=O) groups excluding carboxylic acids is 1. The normalized spacial score (nSPS) is 23.7. The van der Waals surface area contributed by atoms with Crippen LogP contribution in [0.1, 0.15) is 31.9 Å². The zero-order valence-corrected chi connectivity index (χ0v) is 13.0. The maximum atomic E-state index is 12.1. The highest BCUT2D eigenvalue weighted by molar-refractivity contribution is 7.98. The maximum Gasteiger partial charge on any atom is 0.317 e. The molecule has 2 amide bonds. The van der Waals surface area contributed by atoms with Crippen LogP contribution in [0.4, 0.5) is 4.79 Å². The number of nitrogens with one attached hydrogen (secondary N) is 1. The quantitative estimate of drug-likeness (QED) is 0.843. The Balaban J connectivity index is 1.93. The Morgan fingerprint density at radius 2 is 2.10 bits per heavy atom. The largest absolute Gasteiger partial charge is 0.388 e. The highest BCUT2D eigenvalue weighted by Gasteiger charge is 2.34. The van der Waals surface area contributed by atoms with Gasteiger partial charge < -0.3 is 15.3 Å². The van der Waals surface area contributed by atoms with Crippen molar-refractivity contribution in [2.75, 3.05) is 19.3 Å². The Morgan fingerprint density at radius 1 is 1.45 bits per heavy atom. The van der Waals surface area contributed by atoms with Crippen LogP contribution in [0.3, 0.4) is 0 Å². The molecule has 1 aromatic carbocycles. The van der Waals surface area contributed by atoms with Crippen molar-refractivity contribution >= 4 is 17.8 Å². The van der Waals surface area contributed by atoms with Gasteiger partial charge in [-0.25, -0.2) is 4.79 Å². The summed E-state index contributed by atoms with van der Waals surface area (Å²) in [6.07, 6.45) is 2.68. The predicted molar refractivity (Wildman–Crippen MR) is 82.0 cm³/mol. The minimum atomic E-state index is -0.749. The molecule has 1 aromatic rings. The number of rotatable bonds is 3. The van der Waals surface area contributed by atoms with E-state index in [1.807, 2.05) is 25.3 Å². The number of hydrogen-bond donors (Lipinski definition) is 2. The molecule has 5 heteroatoms. The molecule has 0 saturated carbocycles. The van der Waals surface area contributed by atoms with Crippen LogP contribution in [0, 0.1) is 0 Å². The van der Waals surface area contributed by atoms with E-state index in [0.29, 0.717) is 19.5 Å². The summed E-state index contributed by atoms with van der Waals surface area (Å²) in [5.41, 5.74) is 0.336. The van der Waals surface area contributed by atoms with E-state index in [1.165, 1.54) is 4.90 Å². The molecule has 2 rings (SSSR count). The van der Waals surface area contributed by atoms with Crippen molar-refractivity contribution in [3.63, 3.8) is 0 Å². The molecule has 1 aliphatic heterocycles. The van der Waals surface area contributed by atoms with E-state index in [4.69, 9.17) is 0 Å². The number of β-amino-alcohol motifs (C(OH)–C–C–N with tert-alkyl or cyclic N) is 1. The molecule has 0 radical (unpaired) electrons. The Bertz CT molecular complexity index is 473. The van der Waals surface area contributed by atoms with Crippen molar-refractivity contribution in [2.24, 2.45) is 0 Å². The van der Waals surface area contributed by atoms with Crippen molar-refractivity contribution in [1.82, 2.24) is 10.2 Å². The lowest BCUT2D eigenvalue weighted by atomic mass is 10.1. The topological polar surface area (TPSA) is 52.6 Å². The van der Waals surface area contributed by atoms with Crippen LogP contribution in [0.2, 0.25) is 0 Å². The fourth-order valence-corrected chi connectivity index (χ4v) is 2.78. The molecule has 2 atom stereocenters. The first kappa shape index (κ1) is 15.2. The molecule has 0 spiro atoms. The standard InChI is InChI=1S/C15H22N2O2S/c1-11(12-4-6-13(20-3)7-5-12)16-14(18)17-9-8-15(2,19)10-17/h4-7,11,19H,8-10H2,1-3H3,(H,16,18)/t11-,15?/m1/s1. The number of benzene rings is 1. The number of likely N-dealkylation sites (tertiary alicyclic amines) is 1. The second kappa shape index (κ2) is 6.06. The Morgan fingerprint density at radius 3 is 2.60 bits per heavy atom. The van der Waals surface area contributed by atoms with Gasteiger partial charge in [0, 0.05) is 11.4 Å². The predicted octanol–water partition coefficient (Wildman–Crippen LogP) is 2.64. The molecular weight excluding hydrogens is 272 g/mol. The van der Waals surface area contributed by atoms with Crippen LogP contribution < -0.4 is 5.32 Å². The smallest absolute Gasteiger partial charge is 0.317 e. The summed E-state index contributed by atoms with van der Waals surface area (Å²) < 4.78 is 0. The lowest BCUT2D eigenvalue weighted by Crippen LogP contribution is -2.41. The highest BCUT2D eigenvalue weighted by Crippen LogP contribution is 2.22. The minimum Gasteiger partial charge on any atom is -0.388 e. The number of hydrogen-bond acceptors (Lipinski definition) is 3. The third-order valence-corrected chi connectivity index (χ3v) is 4.44. The van der Waals surface area contributed by atoms with Crippen molar-refractivity contribution in [3.8, 4) is 0 Å². The first-order chi connectivity index (χ1) is 9.41. The second-order valence-corrected chi connectivity index (χ2v) is 6.49. The molecular formula is C15H22N2O2S. The summed E-state index contributed by atoms with van der Waals surface area (Å²) in [5, 5.41) is 12.9. The summed E-state index contributed by atoms with van der Waals surface area (Å²) in [6, 6.07) is 8.05. The van der Waals surface area contributed by atoms with E-state index in [0.717, 1.165) is 5.56 Å². The molecule has 1 heterocycles. The van der Waals surface area contributed by atoms with Crippen LogP contribution in [-0.4, -0.2) is 41.0 Å². The summed E-state index contributed by atoms with van der Waals surface area (Å²) in [7, 11) is 0. The zero-order chi connectivity index (χ0) is 14.8.